The fourth-order valence-corrected chi connectivity index (χ4v) is 1.58. The molecule has 64 valence electrons. The standard InChI is InChI=1S/C11H10N2/c1-8-6-9-4-2-3-5-10(9)11(7-12)13-8/h2-6,8,13H,1H3. The number of benzene rings is 1. The molecule has 2 heteroatoms. The lowest BCUT2D eigenvalue weighted by atomic mass is 10.1. The zero-order valence-corrected chi connectivity index (χ0v) is 7.41. The highest BCUT2D eigenvalue weighted by Crippen LogP contribution is 1.94. The van der Waals surface area contributed by atoms with E-state index < -0.39 is 0 Å². The lowest BCUT2D eigenvalue weighted by Gasteiger charge is -2.14. The van der Waals surface area contributed by atoms with Crippen LogP contribution in [-0.4, -0.2) is 6.04 Å². The highest BCUT2D eigenvalue weighted by Gasteiger charge is 2.06. The van der Waals surface area contributed by atoms with Gasteiger partial charge in [-0.1, -0.05) is 30.3 Å². The predicted molar refractivity (Wildman–Crippen MR) is 51.8 cm³/mol. The molecule has 13 heavy (non-hydrogen) atoms. The van der Waals surface area contributed by atoms with Crippen molar-refractivity contribution in [3.05, 3.63) is 34.7 Å². The number of fused-ring (bicyclic) bond motifs is 1. The second-order valence-corrected chi connectivity index (χ2v) is 3.17. The Morgan fingerprint density at radius 2 is 2.15 bits per heavy atom. The predicted octanol–water partition coefficient (Wildman–Crippen LogP) is 0.0906. The van der Waals surface area contributed by atoms with Gasteiger partial charge in [0.2, 0.25) is 0 Å². The average molecular weight is 170 g/mol. The molecular formula is C11H10N2. The average Bonchev–Trinajstić information content (AvgIpc) is 2.16. The Labute approximate surface area is 76.8 Å². The second-order valence-electron chi connectivity index (χ2n) is 3.17. The largest absolute Gasteiger partial charge is 0.370 e. The lowest BCUT2D eigenvalue weighted by Crippen LogP contribution is -2.40. The number of nitriles is 1. The molecule has 0 amide bonds. The van der Waals surface area contributed by atoms with Crippen molar-refractivity contribution in [1.82, 2.24) is 5.32 Å². The van der Waals surface area contributed by atoms with Crippen molar-refractivity contribution in [1.29, 1.82) is 5.26 Å². The zero-order valence-electron chi connectivity index (χ0n) is 7.41. The third-order valence-electron chi connectivity index (χ3n) is 2.14. The van der Waals surface area contributed by atoms with Crippen molar-refractivity contribution in [2.45, 2.75) is 13.0 Å². The molecule has 1 aliphatic heterocycles. The lowest BCUT2D eigenvalue weighted by molar-refractivity contribution is 0.811. The van der Waals surface area contributed by atoms with Crippen molar-refractivity contribution in [3.63, 3.8) is 0 Å². The van der Waals surface area contributed by atoms with Crippen LogP contribution < -0.4 is 15.8 Å². The molecule has 1 aromatic rings. The number of rotatable bonds is 0. The molecule has 1 N–H and O–H groups in total. The van der Waals surface area contributed by atoms with Gasteiger partial charge in [-0.2, -0.15) is 5.26 Å². The summed E-state index contributed by atoms with van der Waals surface area (Å²) in [6.07, 6.45) is 2.12. The summed E-state index contributed by atoms with van der Waals surface area (Å²) in [6.45, 7) is 2.04. The molecule has 0 fully saturated rings. The summed E-state index contributed by atoms with van der Waals surface area (Å²) < 4.78 is 0. The molecule has 0 bridgehead atoms. The van der Waals surface area contributed by atoms with Crippen LogP contribution in [0.25, 0.3) is 11.8 Å². The van der Waals surface area contributed by atoms with Crippen LogP contribution in [0.4, 0.5) is 0 Å². The molecule has 1 atom stereocenters. The van der Waals surface area contributed by atoms with Crippen LogP contribution in [0, 0.1) is 11.3 Å². The minimum atomic E-state index is 0.240. The van der Waals surface area contributed by atoms with E-state index in [1.54, 1.807) is 0 Å². The van der Waals surface area contributed by atoms with Gasteiger partial charge in [0.15, 0.2) is 0 Å². The van der Waals surface area contributed by atoms with Crippen LogP contribution in [0.3, 0.4) is 0 Å². The van der Waals surface area contributed by atoms with Gasteiger partial charge >= 0.3 is 0 Å². The highest BCUT2D eigenvalue weighted by molar-refractivity contribution is 5.62. The molecule has 0 aromatic heterocycles. The third-order valence-corrected chi connectivity index (χ3v) is 2.14. The smallest absolute Gasteiger partial charge is 0.121 e. The molecule has 1 aliphatic rings. The van der Waals surface area contributed by atoms with Gasteiger partial charge in [-0.05, 0) is 12.1 Å². The van der Waals surface area contributed by atoms with E-state index in [0.29, 0.717) is 5.70 Å². The molecule has 1 aromatic carbocycles. The quantitative estimate of drug-likeness (QED) is 0.599. The summed E-state index contributed by atoms with van der Waals surface area (Å²) in [7, 11) is 0. The van der Waals surface area contributed by atoms with Gasteiger partial charge in [0.1, 0.15) is 11.8 Å². The SMILES string of the molecule is CC1C=c2ccccc2=C(C#N)N1. The molecular weight excluding hydrogens is 160 g/mol. The summed E-state index contributed by atoms with van der Waals surface area (Å²) in [5.41, 5.74) is 0.672. The van der Waals surface area contributed by atoms with Gasteiger partial charge < -0.3 is 5.32 Å². The van der Waals surface area contributed by atoms with Gasteiger partial charge in [-0.15, -0.1) is 0 Å². The van der Waals surface area contributed by atoms with E-state index in [-0.39, 0.29) is 6.04 Å². The van der Waals surface area contributed by atoms with E-state index in [9.17, 15) is 0 Å². The van der Waals surface area contributed by atoms with Crippen molar-refractivity contribution < 1.29 is 0 Å². The van der Waals surface area contributed by atoms with E-state index in [4.69, 9.17) is 5.26 Å². The Morgan fingerprint density at radius 1 is 1.38 bits per heavy atom. The van der Waals surface area contributed by atoms with E-state index >= 15 is 0 Å². The molecule has 0 spiro atoms. The van der Waals surface area contributed by atoms with Crippen LogP contribution in [-0.2, 0) is 0 Å². The first-order chi connectivity index (χ1) is 6.31. The number of hydrogen-bond donors (Lipinski definition) is 1. The van der Waals surface area contributed by atoms with Crippen molar-refractivity contribution in [2.24, 2.45) is 0 Å². The summed E-state index contributed by atoms with van der Waals surface area (Å²) in [6, 6.07) is 10.3. The summed E-state index contributed by atoms with van der Waals surface area (Å²) >= 11 is 0. The Balaban J connectivity index is 2.84. The monoisotopic (exact) mass is 170 g/mol. The fourth-order valence-electron chi connectivity index (χ4n) is 1.58. The Kier molecular flexibility index (Phi) is 1.79. The van der Waals surface area contributed by atoms with E-state index in [2.05, 4.69) is 17.5 Å². The molecule has 0 saturated carbocycles. The van der Waals surface area contributed by atoms with Gasteiger partial charge in [0, 0.05) is 11.3 Å². The minimum Gasteiger partial charge on any atom is -0.370 e. The van der Waals surface area contributed by atoms with Crippen LogP contribution in [0.2, 0.25) is 0 Å². The zero-order chi connectivity index (χ0) is 9.26. The Morgan fingerprint density at radius 3 is 2.92 bits per heavy atom. The number of nitrogens with one attached hydrogen (secondary N) is 1. The maximum absolute atomic E-state index is 8.89. The third kappa shape index (κ3) is 1.29. The van der Waals surface area contributed by atoms with Crippen LogP contribution in [0.1, 0.15) is 6.92 Å². The van der Waals surface area contributed by atoms with Crippen molar-refractivity contribution >= 4 is 11.8 Å². The van der Waals surface area contributed by atoms with Crippen molar-refractivity contribution in [3.8, 4) is 6.07 Å². The molecule has 1 heterocycles. The first-order valence-corrected chi connectivity index (χ1v) is 4.29. The first kappa shape index (κ1) is 7.88. The van der Waals surface area contributed by atoms with Gasteiger partial charge in [-0.25, -0.2) is 0 Å². The van der Waals surface area contributed by atoms with E-state index in [1.165, 1.54) is 0 Å². The number of hydrogen-bond acceptors (Lipinski definition) is 2. The maximum atomic E-state index is 8.89. The van der Waals surface area contributed by atoms with E-state index in [1.807, 2.05) is 31.2 Å². The highest BCUT2D eigenvalue weighted by atomic mass is 14.9. The molecule has 0 radical (unpaired) electrons. The van der Waals surface area contributed by atoms with Gasteiger partial charge in [0.25, 0.3) is 0 Å². The minimum absolute atomic E-state index is 0.240. The molecule has 1 unspecified atom stereocenters. The normalized spacial score (nSPS) is 19.4. The Hall–Kier alpha value is -1.75. The van der Waals surface area contributed by atoms with E-state index in [0.717, 1.165) is 10.4 Å². The van der Waals surface area contributed by atoms with Gasteiger partial charge in [-0.3, -0.25) is 0 Å². The number of nitrogens with zero attached hydrogens (tertiary/aromatic N) is 1. The maximum Gasteiger partial charge on any atom is 0.121 e. The Bertz CT molecular complexity index is 480. The second kappa shape index (κ2) is 2.95. The topological polar surface area (TPSA) is 35.8 Å². The summed E-state index contributed by atoms with van der Waals surface area (Å²) in [4.78, 5) is 0. The van der Waals surface area contributed by atoms with Gasteiger partial charge in [0.05, 0.1) is 0 Å². The molecule has 2 rings (SSSR count). The van der Waals surface area contributed by atoms with Crippen molar-refractivity contribution in [2.75, 3.05) is 0 Å². The summed E-state index contributed by atoms with van der Waals surface area (Å²) in [5.74, 6) is 0. The van der Waals surface area contributed by atoms with Crippen LogP contribution in [0.15, 0.2) is 24.3 Å². The first-order valence-electron chi connectivity index (χ1n) is 4.29. The molecule has 0 aliphatic carbocycles. The van der Waals surface area contributed by atoms with Crippen LogP contribution in [0.5, 0.6) is 0 Å². The molecule has 0 saturated heterocycles. The fraction of sp³-hybridized carbons (Fsp3) is 0.182. The summed E-state index contributed by atoms with van der Waals surface area (Å²) in [5, 5.41) is 14.2. The molecule has 2 nitrogen and oxygen atoms in total. The van der Waals surface area contributed by atoms with Crippen LogP contribution >= 0.6 is 0 Å².